The van der Waals surface area contributed by atoms with Crippen LogP contribution in [0.4, 0.5) is 4.39 Å². The van der Waals surface area contributed by atoms with Crippen LogP contribution in [0.3, 0.4) is 0 Å². The zero-order valence-electron chi connectivity index (χ0n) is 15.2. The van der Waals surface area contributed by atoms with Gasteiger partial charge in [-0.1, -0.05) is 42.5 Å². The molecule has 0 aromatic heterocycles. The van der Waals surface area contributed by atoms with Crippen molar-refractivity contribution in [3.63, 3.8) is 0 Å². The molecule has 2 aromatic carbocycles. The van der Waals surface area contributed by atoms with Crippen molar-refractivity contribution in [1.29, 1.82) is 0 Å². The van der Waals surface area contributed by atoms with Crippen molar-refractivity contribution in [2.24, 2.45) is 0 Å². The van der Waals surface area contributed by atoms with Crippen LogP contribution in [0.1, 0.15) is 24.1 Å². The van der Waals surface area contributed by atoms with Crippen molar-refractivity contribution in [3.05, 3.63) is 71.5 Å². The summed E-state index contributed by atoms with van der Waals surface area (Å²) >= 11 is 0. The molecule has 0 bridgehead atoms. The highest BCUT2D eigenvalue weighted by molar-refractivity contribution is 5.78. The minimum Gasteiger partial charge on any atom is -0.348 e. The van der Waals surface area contributed by atoms with Crippen molar-refractivity contribution < 1.29 is 9.18 Å². The average Bonchev–Trinajstić information content (AvgIpc) is 2.64. The van der Waals surface area contributed by atoms with Gasteiger partial charge in [-0.3, -0.25) is 14.6 Å². The molecular formula is C21H26FN3O. The Bertz CT molecular complexity index is 697. The normalized spacial score (nSPS) is 17.0. The van der Waals surface area contributed by atoms with Crippen molar-refractivity contribution >= 4 is 5.91 Å². The molecule has 1 amide bonds. The minimum absolute atomic E-state index is 0.0123. The summed E-state index contributed by atoms with van der Waals surface area (Å²) in [5, 5.41) is 3.00. The highest BCUT2D eigenvalue weighted by atomic mass is 19.1. The number of hydrogen-bond donors (Lipinski definition) is 1. The van der Waals surface area contributed by atoms with Gasteiger partial charge in [0.15, 0.2) is 0 Å². The summed E-state index contributed by atoms with van der Waals surface area (Å²) in [6, 6.07) is 16.6. The monoisotopic (exact) mass is 355 g/mol. The first kappa shape index (κ1) is 18.5. The fourth-order valence-corrected chi connectivity index (χ4v) is 3.27. The second-order valence-electron chi connectivity index (χ2n) is 6.88. The number of nitrogens with zero attached hydrogens (tertiary/aromatic N) is 2. The maximum atomic E-state index is 13.0. The maximum Gasteiger partial charge on any atom is 0.234 e. The third-order valence-corrected chi connectivity index (χ3v) is 4.83. The molecule has 0 aliphatic carbocycles. The number of carbonyl (C=O) groups excluding carboxylic acids is 1. The summed E-state index contributed by atoms with van der Waals surface area (Å²) in [4.78, 5) is 16.9. The predicted molar refractivity (Wildman–Crippen MR) is 101 cm³/mol. The molecule has 1 saturated heterocycles. The third-order valence-electron chi connectivity index (χ3n) is 4.83. The average molecular weight is 355 g/mol. The Morgan fingerprint density at radius 2 is 1.62 bits per heavy atom. The van der Waals surface area contributed by atoms with Crippen molar-refractivity contribution in [1.82, 2.24) is 15.1 Å². The smallest absolute Gasteiger partial charge is 0.234 e. The van der Waals surface area contributed by atoms with Crippen molar-refractivity contribution in [2.75, 3.05) is 32.7 Å². The predicted octanol–water partition coefficient (Wildman–Crippen LogP) is 2.82. The van der Waals surface area contributed by atoms with E-state index in [-0.39, 0.29) is 17.8 Å². The molecule has 0 saturated carbocycles. The summed E-state index contributed by atoms with van der Waals surface area (Å²) < 4.78 is 13.0. The van der Waals surface area contributed by atoms with Gasteiger partial charge >= 0.3 is 0 Å². The molecule has 4 nitrogen and oxygen atoms in total. The van der Waals surface area contributed by atoms with E-state index in [2.05, 4.69) is 39.4 Å². The zero-order chi connectivity index (χ0) is 18.4. The van der Waals surface area contributed by atoms with E-state index in [9.17, 15) is 9.18 Å². The van der Waals surface area contributed by atoms with E-state index in [1.54, 1.807) is 12.1 Å². The number of rotatable bonds is 6. The van der Waals surface area contributed by atoms with Crippen molar-refractivity contribution in [3.8, 4) is 0 Å². The number of nitrogens with one attached hydrogen (secondary N) is 1. The molecule has 1 fully saturated rings. The molecule has 1 unspecified atom stereocenters. The van der Waals surface area contributed by atoms with Crippen LogP contribution in [-0.4, -0.2) is 48.4 Å². The summed E-state index contributed by atoms with van der Waals surface area (Å²) in [6.07, 6.45) is 0. The largest absolute Gasteiger partial charge is 0.348 e. The van der Waals surface area contributed by atoms with Crippen LogP contribution in [0.15, 0.2) is 54.6 Å². The molecule has 1 heterocycles. The molecule has 2 aromatic rings. The van der Waals surface area contributed by atoms with Crippen LogP contribution < -0.4 is 5.32 Å². The minimum atomic E-state index is -0.263. The van der Waals surface area contributed by atoms with Crippen LogP contribution in [0.5, 0.6) is 0 Å². The first-order valence-electron chi connectivity index (χ1n) is 9.13. The number of carbonyl (C=O) groups is 1. The number of hydrogen-bond acceptors (Lipinski definition) is 3. The summed E-state index contributed by atoms with van der Waals surface area (Å²) in [6.45, 7) is 7.01. The van der Waals surface area contributed by atoms with Crippen molar-refractivity contribution in [2.45, 2.75) is 19.5 Å². The summed E-state index contributed by atoms with van der Waals surface area (Å²) in [7, 11) is 0. The SMILES string of the molecule is CC(NC(=O)CN1CCN(Cc2ccccc2)CC1)c1ccc(F)cc1. The standard InChI is InChI=1S/C21H26FN3O/c1-17(19-7-9-20(22)10-8-19)23-21(26)16-25-13-11-24(12-14-25)15-18-5-3-2-4-6-18/h2-10,17H,11-16H2,1H3,(H,23,26). The molecule has 5 heteroatoms. The molecule has 0 radical (unpaired) electrons. The van der Waals surface area contributed by atoms with Gasteiger partial charge in [-0.05, 0) is 30.2 Å². The van der Waals surface area contributed by atoms with Crippen LogP contribution >= 0.6 is 0 Å². The molecule has 26 heavy (non-hydrogen) atoms. The lowest BCUT2D eigenvalue weighted by atomic mass is 10.1. The topological polar surface area (TPSA) is 35.6 Å². The lowest BCUT2D eigenvalue weighted by molar-refractivity contribution is -0.123. The molecule has 1 aliphatic rings. The highest BCUT2D eigenvalue weighted by Gasteiger charge is 2.20. The van der Waals surface area contributed by atoms with E-state index in [0.717, 1.165) is 38.3 Å². The Morgan fingerprint density at radius 3 is 2.27 bits per heavy atom. The number of amides is 1. The molecule has 1 aliphatic heterocycles. The Morgan fingerprint density at radius 1 is 1.00 bits per heavy atom. The molecule has 0 spiro atoms. The molecule has 3 rings (SSSR count). The first-order chi connectivity index (χ1) is 12.6. The van der Waals surface area contributed by atoms with E-state index >= 15 is 0 Å². The highest BCUT2D eigenvalue weighted by Crippen LogP contribution is 2.13. The Labute approximate surface area is 154 Å². The van der Waals surface area contributed by atoms with Gasteiger partial charge in [0.25, 0.3) is 0 Å². The van der Waals surface area contributed by atoms with E-state index in [1.165, 1.54) is 17.7 Å². The van der Waals surface area contributed by atoms with Gasteiger partial charge in [0.1, 0.15) is 5.82 Å². The van der Waals surface area contributed by atoms with Gasteiger partial charge in [0.05, 0.1) is 12.6 Å². The van der Waals surface area contributed by atoms with Crippen LogP contribution in [0.2, 0.25) is 0 Å². The summed E-state index contributed by atoms with van der Waals surface area (Å²) in [5.74, 6) is -0.251. The zero-order valence-corrected chi connectivity index (χ0v) is 15.2. The fraction of sp³-hybridized carbons (Fsp3) is 0.381. The first-order valence-corrected chi connectivity index (χ1v) is 9.13. The fourth-order valence-electron chi connectivity index (χ4n) is 3.27. The van der Waals surface area contributed by atoms with E-state index in [0.29, 0.717) is 6.54 Å². The van der Waals surface area contributed by atoms with Gasteiger partial charge < -0.3 is 5.32 Å². The van der Waals surface area contributed by atoms with Crippen LogP contribution in [0, 0.1) is 5.82 Å². The van der Waals surface area contributed by atoms with Crippen LogP contribution in [0.25, 0.3) is 0 Å². The summed E-state index contributed by atoms with van der Waals surface area (Å²) in [5.41, 5.74) is 2.24. The molecule has 138 valence electrons. The quantitative estimate of drug-likeness (QED) is 0.866. The molecule has 1 N–H and O–H groups in total. The van der Waals surface area contributed by atoms with Gasteiger partial charge in [0.2, 0.25) is 5.91 Å². The lowest BCUT2D eigenvalue weighted by Gasteiger charge is -2.34. The Kier molecular flexibility index (Phi) is 6.36. The number of piperazine rings is 1. The van der Waals surface area contributed by atoms with Gasteiger partial charge in [-0.25, -0.2) is 4.39 Å². The maximum absolute atomic E-state index is 13.0. The molecular weight excluding hydrogens is 329 g/mol. The molecule has 1 atom stereocenters. The van der Waals surface area contributed by atoms with E-state index in [1.807, 2.05) is 13.0 Å². The second kappa shape index (κ2) is 8.92. The van der Waals surface area contributed by atoms with E-state index < -0.39 is 0 Å². The van der Waals surface area contributed by atoms with Crippen LogP contribution in [-0.2, 0) is 11.3 Å². The number of halogens is 1. The van der Waals surface area contributed by atoms with Gasteiger partial charge in [-0.2, -0.15) is 0 Å². The number of benzene rings is 2. The van der Waals surface area contributed by atoms with Gasteiger partial charge in [-0.15, -0.1) is 0 Å². The van der Waals surface area contributed by atoms with E-state index in [4.69, 9.17) is 0 Å². The second-order valence-corrected chi connectivity index (χ2v) is 6.88. The Balaban J connectivity index is 1.41. The van der Waals surface area contributed by atoms with Gasteiger partial charge in [0, 0.05) is 32.7 Å². The third kappa shape index (κ3) is 5.38. The Hall–Kier alpha value is -2.24. The lowest BCUT2D eigenvalue weighted by Crippen LogP contribution is -2.49.